The fraction of sp³-hybridized carbons (Fsp3) is 0.500. The van der Waals surface area contributed by atoms with Gasteiger partial charge < -0.3 is 10.6 Å². The van der Waals surface area contributed by atoms with Crippen molar-refractivity contribution >= 4 is 33.2 Å². The average Bonchev–Trinajstić information content (AvgIpc) is 2.61. The van der Waals surface area contributed by atoms with Gasteiger partial charge in [0.05, 0.1) is 6.54 Å². The van der Waals surface area contributed by atoms with Gasteiger partial charge >= 0.3 is 6.18 Å². The first-order chi connectivity index (χ1) is 8.05. The number of nitrogens with zero attached hydrogens (tertiary/aromatic N) is 1. The van der Waals surface area contributed by atoms with Gasteiger partial charge in [0.1, 0.15) is 0 Å². The zero-order valence-electron chi connectivity index (χ0n) is 9.71. The van der Waals surface area contributed by atoms with Crippen LogP contribution in [0.4, 0.5) is 13.2 Å². The van der Waals surface area contributed by atoms with Crippen molar-refractivity contribution < 1.29 is 18.0 Å². The van der Waals surface area contributed by atoms with Crippen molar-refractivity contribution in [2.45, 2.75) is 25.2 Å². The van der Waals surface area contributed by atoms with Crippen LogP contribution in [0.15, 0.2) is 15.9 Å². The Balaban J connectivity index is 2.79. The number of halogens is 4. The molecular weight excluding hydrogens is 333 g/mol. The van der Waals surface area contributed by atoms with Crippen LogP contribution in [0.5, 0.6) is 0 Å². The lowest BCUT2D eigenvalue weighted by Crippen LogP contribution is -2.61. The van der Waals surface area contributed by atoms with Crippen LogP contribution in [-0.4, -0.2) is 29.6 Å². The predicted octanol–water partition coefficient (Wildman–Crippen LogP) is 2.75. The molecule has 1 unspecified atom stereocenters. The standard InChI is InChI=1S/C10H12BrF3N2OS/c1-9(15,10(12,13)14)8(17)16(2)4-7-3-6(11)5-18-7/h3,5H,4,15H2,1-2H3. The third-order valence-electron chi connectivity index (χ3n) is 2.39. The zero-order valence-corrected chi connectivity index (χ0v) is 12.1. The van der Waals surface area contributed by atoms with E-state index in [1.807, 2.05) is 0 Å². The highest BCUT2D eigenvalue weighted by molar-refractivity contribution is 9.10. The maximum Gasteiger partial charge on any atom is 0.415 e. The summed E-state index contributed by atoms with van der Waals surface area (Å²) in [6.07, 6.45) is -4.77. The summed E-state index contributed by atoms with van der Waals surface area (Å²) in [4.78, 5) is 13.4. The summed E-state index contributed by atoms with van der Waals surface area (Å²) in [7, 11) is 1.30. The Kier molecular flexibility index (Phi) is 4.45. The maximum atomic E-state index is 12.6. The van der Waals surface area contributed by atoms with E-state index in [9.17, 15) is 18.0 Å². The van der Waals surface area contributed by atoms with Gasteiger partial charge in [0.2, 0.25) is 0 Å². The van der Waals surface area contributed by atoms with Gasteiger partial charge in [-0.15, -0.1) is 11.3 Å². The lowest BCUT2D eigenvalue weighted by Gasteiger charge is -2.30. The third kappa shape index (κ3) is 3.24. The molecule has 0 saturated heterocycles. The second-order valence-electron chi connectivity index (χ2n) is 4.09. The van der Waals surface area contributed by atoms with Gasteiger partial charge in [0.25, 0.3) is 5.91 Å². The largest absolute Gasteiger partial charge is 0.415 e. The Bertz CT molecular complexity index is 445. The van der Waals surface area contributed by atoms with Crippen LogP contribution in [0.25, 0.3) is 0 Å². The van der Waals surface area contributed by atoms with Crippen LogP contribution in [0, 0.1) is 0 Å². The maximum absolute atomic E-state index is 12.6. The molecule has 1 heterocycles. The van der Waals surface area contributed by atoms with Gasteiger partial charge in [-0.25, -0.2) is 0 Å². The zero-order chi connectivity index (χ0) is 14.1. The van der Waals surface area contributed by atoms with Gasteiger partial charge in [-0.05, 0) is 28.9 Å². The van der Waals surface area contributed by atoms with Gasteiger partial charge in [-0.1, -0.05) is 0 Å². The number of hydrogen-bond donors (Lipinski definition) is 1. The third-order valence-corrected chi connectivity index (χ3v) is 4.08. The van der Waals surface area contributed by atoms with Crippen molar-refractivity contribution in [1.29, 1.82) is 0 Å². The summed E-state index contributed by atoms with van der Waals surface area (Å²) in [5, 5.41) is 1.79. The first-order valence-electron chi connectivity index (χ1n) is 4.90. The Hall–Kier alpha value is -0.600. The van der Waals surface area contributed by atoms with E-state index < -0.39 is 17.6 Å². The molecule has 0 aliphatic carbocycles. The molecule has 1 amide bonds. The number of alkyl halides is 3. The van der Waals surface area contributed by atoms with E-state index in [4.69, 9.17) is 5.73 Å². The Morgan fingerprint density at radius 2 is 2.11 bits per heavy atom. The first-order valence-corrected chi connectivity index (χ1v) is 6.57. The summed E-state index contributed by atoms with van der Waals surface area (Å²) in [6, 6.07) is 1.75. The Labute approximate surface area is 115 Å². The molecule has 0 aromatic carbocycles. The highest BCUT2D eigenvalue weighted by Crippen LogP contribution is 2.30. The van der Waals surface area contributed by atoms with Crippen LogP contribution in [0.2, 0.25) is 0 Å². The molecule has 1 aromatic rings. The van der Waals surface area contributed by atoms with Crippen molar-refractivity contribution in [3.8, 4) is 0 Å². The lowest BCUT2D eigenvalue weighted by atomic mass is 10.0. The minimum Gasteiger partial charge on any atom is -0.339 e. The molecule has 0 spiro atoms. The van der Waals surface area contributed by atoms with Gasteiger partial charge in [0, 0.05) is 21.8 Å². The molecule has 0 fully saturated rings. The van der Waals surface area contributed by atoms with Crippen LogP contribution >= 0.6 is 27.3 Å². The molecule has 0 aliphatic heterocycles. The number of rotatable bonds is 3. The molecule has 3 nitrogen and oxygen atoms in total. The van der Waals surface area contributed by atoms with Crippen LogP contribution < -0.4 is 5.73 Å². The number of amides is 1. The lowest BCUT2D eigenvalue weighted by molar-refractivity contribution is -0.193. The molecule has 0 aliphatic rings. The van der Waals surface area contributed by atoms with E-state index in [0.717, 1.165) is 14.2 Å². The van der Waals surface area contributed by atoms with Crippen LogP contribution in [-0.2, 0) is 11.3 Å². The van der Waals surface area contributed by atoms with E-state index in [-0.39, 0.29) is 6.54 Å². The predicted molar refractivity (Wildman–Crippen MR) is 67.1 cm³/mol. The SMILES string of the molecule is CN(Cc1cc(Br)cs1)C(=O)C(C)(N)C(F)(F)F. The molecule has 0 saturated carbocycles. The van der Waals surface area contributed by atoms with Crippen molar-refractivity contribution in [3.63, 3.8) is 0 Å². The molecule has 0 radical (unpaired) electrons. The van der Waals surface area contributed by atoms with Crippen molar-refractivity contribution in [2.75, 3.05) is 7.05 Å². The summed E-state index contributed by atoms with van der Waals surface area (Å²) in [5.41, 5.74) is 2.21. The molecule has 0 bridgehead atoms. The minimum atomic E-state index is -4.77. The Morgan fingerprint density at radius 3 is 2.50 bits per heavy atom. The van der Waals surface area contributed by atoms with E-state index in [2.05, 4.69) is 15.9 Å². The molecular formula is C10H12BrF3N2OS. The second kappa shape index (κ2) is 5.18. The second-order valence-corrected chi connectivity index (χ2v) is 6.00. The van der Waals surface area contributed by atoms with E-state index in [1.165, 1.54) is 18.4 Å². The molecule has 18 heavy (non-hydrogen) atoms. The quantitative estimate of drug-likeness (QED) is 0.916. The average molecular weight is 345 g/mol. The fourth-order valence-electron chi connectivity index (χ4n) is 1.26. The molecule has 2 N–H and O–H groups in total. The van der Waals surface area contributed by atoms with Crippen LogP contribution in [0.3, 0.4) is 0 Å². The topological polar surface area (TPSA) is 46.3 Å². The normalized spacial score (nSPS) is 15.3. The number of nitrogens with two attached hydrogens (primary N) is 1. The number of likely N-dealkylation sites (N-methyl/N-ethyl adjacent to an activating group) is 1. The summed E-state index contributed by atoms with van der Waals surface area (Å²) < 4.78 is 38.7. The monoisotopic (exact) mass is 344 g/mol. The number of carbonyl (C=O) groups excluding carboxylic acids is 1. The van der Waals surface area contributed by atoms with Crippen molar-refractivity contribution in [1.82, 2.24) is 4.90 Å². The van der Waals surface area contributed by atoms with E-state index in [0.29, 0.717) is 6.92 Å². The smallest absolute Gasteiger partial charge is 0.339 e. The summed E-state index contributed by atoms with van der Waals surface area (Å²) in [5.74, 6) is -1.15. The van der Waals surface area contributed by atoms with Gasteiger partial charge in [-0.2, -0.15) is 13.2 Å². The summed E-state index contributed by atoms with van der Waals surface area (Å²) >= 11 is 4.58. The minimum absolute atomic E-state index is 0.0952. The number of thiophene rings is 1. The first kappa shape index (κ1) is 15.5. The van der Waals surface area contributed by atoms with Gasteiger partial charge in [-0.3, -0.25) is 4.79 Å². The van der Waals surface area contributed by atoms with Crippen LogP contribution in [0.1, 0.15) is 11.8 Å². The highest BCUT2D eigenvalue weighted by Gasteiger charge is 2.54. The van der Waals surface area contributed by atoms with Gasteiger partial charge in [0.15, 0.2) is 5.54 Å². The van der Waals surface area contributed by atoms with Crippen molar-refractivity contribution in [2.24, 2.45) is 5.73 Å². The molecule has 8 heteroatoms. The fourth-order valence-corrected chi connectivity index (χ4v) is 2.76. The highest BCUT2D eigenvalue weighted by atomic mass is 79.9. The summed E-state index contributed by atoms with van der Waals surface area (Å²) in [6.45, 7) is 0.772. The molecule has 1 rings (SSSR count). The van der Waals surface area contributed by atoms with E-state index >= 15 is 0 Å². The van der Waals surface area contributed by atoms with E-state index in [1.54, 1.807) is 11.4 Å². The van der Waals surface area contributed by atoms with Crippen molar-refractivity contribution in [3.05, 3.63) is 20.8 Å². The Morgan fingerprint density at radius 1 is 1.56 bits per heavy atom. The number of carbonyl (C=O) groups is 1. The molecule has 1 aromatic heterocycles. The molecule has 1 atom stereocenters. The molecule has 102 valence electrons. The number of hydrogen-bond acceptors (Lipinski definition) is 3.